The van der Waals surface area contributed by atoms with E-state index in [1.807, 2.05) is 26.0 Å². The number of nitrogens with zero attached hydrogens (tertiary/aromatic N) is 5. The lowest BCUT2D eigenvalue weighted by Crippen LogP contribution is -2.16. The lowest BCUT2D eigenvalue weighted by Gasteiger charge is -2.11. The van der Waals surface area contributed by atoms with Gasteiger partial charge in [0.05, 0.1) is 17.8 Å². The highest BCUT2D eigenvalue weighted by Crippen LogP contribution is 2.33. The summed E-state index contributed by atoms with van der Waals surface area (Å²) in [5.41, 5.74) is 0.0357. The average Bonchev–Trinajstić information content (AvgIpc) is 3.50. The van der Waals surface area contributed by atoms with Crippen LogP contribution in [-0.4, -0.2) is 30.3 Å². The van der Waals surface area contributed by atoms with Gasteiger partial charge in [-0.3, -0.25) is 9.48 Å². The van der Waals surface area contributed by atoms with E-state index in [4.69, 9.17) is 0 Å². The largest absolute Gasteiger partial charge is 0.433 e. The minimum Gasteiger partial charge on any atom is -0.304 e. The zero-order chi connectivity index (χ0) is 30.4. The third-order valence-electron chi connectivity index (χ3n) is 6.63. The van der Waals surface area contributed by atoms with Crippen molar-refractivity contribution in [2.45, 2.75) is 45.6 Å². The Morgan fingerprint density at radius 1 is 0.905 bits per heavy atom. The summed E-state index contributed by atoms with van der Waals surface area (Å²) < 4.78 is 83.1. The second-order valence-corrected chi connectivity index (χ2v) is 10.1. The first-order valence-electron chi connectivity index (χ1n) is 12.8. The van der Waals surface area contributed by atoms with Crippen LogP contribution in [0.2, 0.25) is 0 Å². The Morgan fingerprint density at radius 3 is 2.26 bits per heavy atom. The lowest BCUT2D eigenvalue weighted by molar-refractivity contribution is -0.142. The van der Waals surface area contributed by atoms with Gasteiger partial charge >= 0.3 is 12.4 Å². The Morgan fingerprint density at radius 2 is 1.62 bits per heavy atom. The molecule has 0 saturated carbocycles. The monoisotopic (exact) mass is 586 g/mol. The van der Waals surface area contributed by atoms with Crippen LogP contribution in [0.1, 0.15) is 58.3 Å². The molecule has 5 rings (SSSR count). The van der Waals surface area contributed by atoms with Crippen molar-refractivity contribution < 1.29 is 31.1 Å². The van der Waals surface area contributed by atoms with Crippen molar-refractivity contribution in [3.05, 3.63) is 101 Å². The molecule has 218 valence electrons. The van der Waals surface area contributed by atoms with Crippen molar-refractivity contribution in [1.29, 1.82) is 0 Å². The minimum absolute atomic E-state index is 0.000223. The molecule has 7 nitrogen and oxygen atoms in total. The summed E-state index contributed by atoms with van der Waals surface area (Å²) in [6, 6.07) is 15.3. The van der Waals surface area contributed by atoms with Gasteiger partial charge in [0.1, 0.15) is 0 Å². The first kappa shape index (κ1) is 28.8. The van der Waals surface area contributed by atoms with Crippen molar-refractivity contribution in [2.24, 2.45) is 0 Å². The molecule has 0 bridgehead atoms. The van der Waals surface area contributed by atoms with Gasteiger partial charge in [0.25, 0.3) is 5.91 Å². The van der Waals surface area contributed by atoms with Crippen LogP contribution in [0.15, 0.2) is 66.7 Å². The number of halogens is 6. The number of amides is 1. The third kappa shape index (κ3) is 5.99. The summed E-state index contributed by atoms with van der Waals surface area (Å²) in [5, 5.41) is 10.6. The SMILES string of the molecule is Cc1cc(NC(=O)c2cc3nc(-c4ccc(C(C)C)cc4)cc(C(F)(F)F)n3n2)nn1Cc1cccc(C(F)(F)F)c1. The fraction of sp³-hybridized carbons (Fsp3) is 0.241. The summed E-state index contributed by atoms with van der Waals surface area (Å²) in [6.45, 7) is 5.65. The van der Waals surface area contributed by atoms with Gasteiger partial charge in [0.15, 0.2) is 22.9 Å². The van der Waals surface area contributed by atoms with Crippen molar-refractivity contribution in [2.75, 3.05) is 5.32 Å². The zero-order valence-corrected chi connectivity index (χ0v) is 22.5. The zero-order valence-electron chi connectivity index (χ0n) is 22.5. The van der Waals surface area contributed by atoms with E-state index in [0.29, 0.717) is 21.3 Å². The second-order valence-electron chi connectivity index (χ2n) is 10.1. The topological polar surface area (TPSA) is 77.1 Å². The number of fused-ring (bicyclic) bond motifs is 1. The molecule has 0 radical (unpaired) electrons. The molecule has 0 atom stereocenters. The van der Waals surface area contributed by atoms with E-state index in [0.717, 1.165) is 29.8 Å². The fourth-order valence-electron chi connectivity index (χ4n) is 4.40. The van der Waals surface area contributed by atoms with E-state index in [1.165, 1.54) is 22.9 Å². The smallest absolute Gasteiger partial charge is 0.304 e. The summed E-state index contributed by atoms with van der Waals surface area (Å²) >= 11 is 0. The second kappa shape index (κ2) is 10.6. The maximum Gasteiger partial charge on any atom is 0.433 e. The number of rotatable bonds is 6. The van der Waals surface area contributed by atoms with E-state index in [1.54, 1.807) is 19.1 Å². The molecule has 3 heterocycles. The highest BCUT2D eigenvalue weighted by Gasteiger charge is 2.36. The number of carbonyl (C=O) groups excluding carboxylic acids is 1. The summed E-state index contributed by atoms with van der Waals surface area (Å²) in [7, 11) is 0. The molecular formula is C29H24F6N6O. The molecule has 0 saturated heterocycles. The predicted octanol–water partition coefficient (Wildman–Crippen LogP) is 7.36. The van der Waals surface area contributed by atoms with Crippen LogP contribution in [0, 0.1) is 6.92 Å². The number of aryl methyl sites for hydroxylation is 1. The van der Waals surface area contributed by atoms with Crippen LogP contribution < -0.4 is 5.32 Å². The van der Waals surface area contributed by atoms with Gasteiger partial charge in [-0.05, 0) is 42.2 Å². The Hall–Kier alpha value is -4.68. The minimum atomic E-state index is -4.78. The van der Waals surface area contributed by atoms with Gasteiger partial charge in [-0.25, -0.2) is 9.50 Å². The molecule has 13 heteroatoms. The number of alkyl halides is 6. The number of hydrogen-bond acceptors (Lipinski definition) is 4. The molecule has 0 aliphatic rings. The lowest BCUT2D eigenvalue weighted by atomic mass is 10.0. The summed E-state index contributed by atoms with van der Waals surface area (Å²) in [6.07, 6.45) is -9.28. The molecule has 0 fully saturated rings. The molecule has 42 heavy (non-hydrogen) atoms. The Balaban J connectivity index is 1.41. The van der Waals surface area contributed by atoms with Crippen LogP contribution >= 0.6 is 0 Å². The van der Waals surface area contributed by atoms with Gasteiger partial charge in [-0.15, -0.1) is 0 Å². The number of anilines is 1. The van der Waals surface area contributed by atoms with Crippen LogP contribution in [0.25, 0.3) is 16.9 Å². The molecule has 0 spiro atoms. The number of nitrogens with one attached hydrogen (secondary N) is 1. The number of carbonyl (C=O) groups is 1. The summed E-state index contributed by atoms with van der Waals surface area (Å²) in [5.74, 6) is -0.538. The molecular weight excluding hydrogens is 562 g/mol. The summed E-state index contributed by atoms with van der Waals surface area (Å²) in [4.78, 5) is 17.3. The average molecular weight is 587 g/mol. The standard InChI is InChI=1S/C29H24F6N6O/c1-16(2)19-7-9-20(10-8-19)22-13-24(29(33,34)35)41-26(36-22)14-23(38-41)27(42)37-25-11-17(3)40(39-25)15-18-5-4-6-21(12-18)28(30,31)32/h4-14,16H,15H2,1-3H3,(H,37,39,42). The van der Waals surface area contributed by atoms with Gasteiger partial charge in [0, 0.05) is 23.4 Å². The molecule has 2 aromatic carbocycles. The van der Waals surface area contributed by atoms with Gasteiger partial charge in [-0.2, -0.15) is 36.5 Å². The van der Waals surface area contributed by atoms with Crippen LogP contribution in [-0.2, 0) is 18.9 Å². The Bertz CT molecular complexity index is 1770. The Kier molecular flexibility index (Phi) is 7.29. The van der Waals surface area contributed by atoms with Crippen LogP contribution in [0.3, 0.4) is 0 Å². The number of hydrogen-bond donors (Lipinski definition) is 1. The fourth-order valence-corrected chi connectivity index (χ4v) is 4.40. The highest BCUT2D eigenvalue weighted by atomic mass is 19.4. The Labute approximate surface area is 235 Å². The molecule has 1 N–H and O–H groups in total. The van der Waals surface area contributed by atoms with E-state index in [-0.39, 0.29) is 35.3 Å². The highest BCUT2D eigenvalue weighted by molar-refractivity contribution is 6.03. The van der Waals surface area contributed by atoms with Crippen molar-refractivity contribution in [1.82, 2.24) is 24.4 Å². The first-order chi connectivity index (χ1) is 19.7. The first-order valence-corrected chi connectivity index (χ1v) is 12.8. The van der Waals surface area contributed by atoms with Gasteiger partial charge < -0.3 is 5.32 Å². The molecule has 0 aliphatic carbocycles. The quantitative estimate of drug-likeness (QED) is 0.211. The van der Waals surface area contributed by atoms with E-state index >= 15 is 0 Å². The van der Waals surface area contributed by atoms with Crippen molar-refractivity contribution in [3.63, 3.8) is 0 Å². The predicted molar refractivity (Wildman–Crippen MR) is 143 cm³/mol. The van der Waals surface area contributed by atoms with E-state index in [9.17, 15) is 31.1 Å². The molecule has 1 amide bonds. The molecule has 5 aromatic rings. The number of benzene rings is 2. The van der Waals surface area contributed by atoms with Crippen molar-refractivity contribution >= 4 is 17.4 Å². The molecule has 3 aromatic heterocycles. The maximum atomic E-state index is 14.0. The molecule has 0 unspecified atom stereocenters. The van der Waals surface area contributed by atoms with Crippen molar-refractivity contribution in [3.8, 4) is 11.3 Å². The molecule has 0 aliphatic heterocycles. The number of aromatic nitrogens is 5. The van der Waals surface area contributed by atoms with Gasteiger partial charge in [-0.1, -0.05) is 50.2 Å². The van der Waals surface area contributed by atoms with Crippen LogP contribution in [0.5, 0.6) is 0 Å². The van der Waals surface area contributed by atoms with E-state index in [2.05, 4.69) is 20.5 Å². The third-order valence-corrected chi connectivity index (χ3v) is 6.63. The normalized spacial score (nSPS) is 12.3. The van der Waals surface area contributed by atoms with Gasteiger partial charge in [0.2, 0.25) is 0 Å². The maximum absolute atomic E-state index is 14.0. The van der Waals surface area contributed by atoms with E-state index < -0.39 is 29.5 Å². The van der Waals surface area contributed by atoms with Crippen LogP contribution in [0.4, 0.5) is 32.2 Å².